The monoisotopic (exact) mass is 342 g/mol. The number of carbonyl (C=O) groups is 1. The fraction of sp³-hybridized carbons (Fsp3) is 0.533. The Kier molecular flexibility index (Phi) is 6.33. The topological polar surface area (TPSA) is 41.6 Å². The highest BCUT2D eigenvalue weighted by molar-refractivity contribution is 9.10. The summed E-state index contributed by atoms with van der Waals surface area (Å²) in [6.07, 6.45) is 0.579. The number of nitrogens with one attached hydrogen (secondary N) is 1. The maximum absolute atomic E-state index is 11.8. The summed E-state index contributed by atoms with van der Waals surface area (Å²) in [5, 5.41) is 3.33. The molecule has 20 heavy (non-hydrogen) atoms. The second-order valence-corrected chi connectivity index (χ2v) is 6.52. The first kappa shape index (κ1) is 16.8. The minimum Gasteiger partial charge on any atom is -0.444 e. The summed E-state index contributed by atoms with van der Waals surface area (Å²) in [4.78, 5) is 13.4. The molecule has 112 valence electrons. The van der Waals surface area contributed by atoms with Crippen LogP contribution in [-0.4, -0.2) is 36.7 Å². The third-order valence-corrected chi connectivity index (χ3v) is 3.26. The Morgan fingerprint density at radius 3 is 2.60 bits per heavy atom. The van der Waals surface area contributed by atoms with E-state index in [1.54, 1.807) is 11.9 Å². The Labute approximate surface area is 129 Å². The number of benzene rings is 1. The van der Waals surface area contributed by atoms with Crippen LogP contribution in [0.15, 0.2) is 28.7 Å². The summed E-state index contributed by atoms with van der Waals surface area (Å²) in [5.41, 5.74) is 0.616. The second-order valence-electron chi connectivity index (χ2n) is 5.66. The lowest BCUT2D eigenvalue weighted by Crippen LogP contribution is -2.35. The molecule has 1 amide bonds. The molecule has 4 nitrogen and oxygen atoms in total. The Morgan fingerprint density at radius 1 is 1.35 bits per heavy atom. The molecule has 0 saturated carbocycles. The molecule has 0 radical (unpaired) electrons. The molecule has 0 aliphatic heterocycles. The van der Waals surface area contributed by atoms with Crippen LogP contribution in [0.25, 0.3) is 0 Å². The third kappa shape index (κ3) is 6.28. The summed E-state index contributed by atoms with van der Waals surface area (Å²) in [5.74, 6) is 0. The lowest BCUT2D eigenvalue weighted by atomic mass is 10.2. The van der Waals surface area contributed by atoms with E-state index in [-0.39, 0.29) is 6.09 Å². The number of hydrogen-bond donors (Lipinski definition) is 1. The van der Waals surface area contributed by atoms with E-state index >= 15 is 0 Å². The van der Waals surface area contributed by atoms with Gasteiger partial charge in [0, 0.05) is 30.3 Å². The highest BCUT2D eigenvalue weighted by Gasteiger charge is 2.18. The van der Waals surface area contributed by atoms with E-state index in [0.29, 0.717) is 6.54 Å². The summed E-state index contributed by atoms with van der Waals surface area (Å²) >= 11 is 3.49. The predicted octanol–water partition coefficient (Wildman–Crippen LogP) is 4.12. The Balaban J connectivity index is 2.27. The van der Waals surface area contributed by atoms with Gasteiger partial charge < -0.3 is 15.0 Å². The van der Waals surface area contributed by atoms with Gasteiger partial charge >= 0.3 is 6.09 Å². The van der Waals surface area contributed by atoms with Crippen molar-refractivity contribution >= 4 is 27.7 Å². The molecule has 0 aliphatic rings. The standard InChI is InChI=1S/C15H23BrN2O2/c1-15(2,3)20-14(19)18(4)11-7-10-17-13-9-6-5-8-12(13)16/h5-6,8-9,17H,7,10-11H2,1-4H3. The van der Waals surface area contributed by atoms with Gasteiger partial charge in [0.1, 0.15) is 5.60 Å². The van der Waals surface area contributed by atoms with Crippen LogP contribution in [0.1, 0.15) is 27.2 Å². The number of amides is 1. The Morgan fingerprint density at radius 2 is 2.00 bits per heavy atom. The maximum Gasteiger partial charge on any atom is 0.410 e. The van der Waals surface area contributed by atoms with Crippen molar-refractivity contribution in [2.45, 2.75) is 32.8 Å². The lowest BCUT2D eigenvalue weighted by Gasteiger charge is -2.24. The summed E-state index contributed by atoms with van der Waals surface area (Å²) in [6, 6.07) is 7.97. The van der Waals surface area contributed by atoms with Crippen molar-refractivity contribution in [3.63, 3.8) is 0 Å². The quantitative estimate of drug-likeness (QED) is 0.818. The summed E-state index contributed by atoms with van der Waals surface area (Å²) in [6.45, 7) is 7.07. The SMILES string of the molecule is CN(CCCNc1ccccc1Br)C(=O)OC(C)(C)C. The maximum atomic E-state index is 11.8. The van der Waals surface area contributed by atoms with Gasteiger partial charge in [-0.25, -0.2) is 4.79 Å². The zero-order chi connectivity index (χ0) is 15.2. The number of hydrogen-bond acceptors (Lipinski definition) is 3. The van der Waals surface area contributed by atoms with Gasteiger partial charge in [-0.05, 0) is 55.3 Å². The van der Waals surface area contributed by atoms with Crippen LogP contribution in [0.2, 0.25) is 0 Å². The van der Waals surface area contributed by atoms with Gasteiger partial charge in [0.25, 0.3) is 0 Å². The molecule has 0 aliphatic carbocycles. The van der Waals surface area contributed by atoms with E-state index < -0.39 is 5.60 Å². The average molecular weight is 343 g/mol. The van der Waals surface area contributed by atoms with Crippen molar-refractivity contribution in [1.82, 2.24) is 4.90 Å². The van der Waals surface area contributed by atoms with Crippen molar-refractivity contribution in [2.75, 3.05) is 25.5 Å². The van der Waals surface area contributed by atoms with Crippen LogP contribution in [-0.2, 0) is 4.74 Å². The molecule has 0 heterocycles. The molecule has 0 fully saturated rings. The Hall–Kier alpha value is -1.23. The first-order chi connectivity index (χ1) is 9.29. The first-order valence-electron chi connectivity index (χ1n) is 6.72. The summed E-state index contributed by atoms with van der Waals surface area (Å²) in [7, 11) is 1.76. The second kappa shape index (κ2) is 7.53. The van der Waals surface area contributed by atoms with Gasteiger partial charge in [0.2, 0.25) is 0 Å². The molecule has 1 N–H and O–H groups in total. The molecule has 0 spiro atoms. The number of carbonyl (C=O) groups excluding carboxylic acids is 1. The number of nitrogens with zero attached hydrogens (tertiary/aromatic N) is 1. The fourth-order valence-electron chi connectivity index (χ4n) is 1.57. The van der Waals surface area contributed by atoms with E-state index in [1.807, 2.05) is 45.0 Å². The molecule has 0 unspecified atom stereocenters. The smallest absolute Gasteiger partial charge is 0.410 e. The number of rotatable bonds is 5. The normalized spacial score (nSPS) is 11.1. The zero-order valence-electron chi connectivity index (χ0n) is 12.6. The van der Waals surface area contributed by atoms with E-state index in [1.165, 1.54) is 0 Å². The molecule has 0 aromatic heterocycles. The van der Waals surface area contributed by atoms with Gasteiger partial charge in [-0.1, -0.05) is 12.1 Å². The molecule has 0 atom stereocenters. The largest absolute Gasteiger partial charge is 0.444 e. The van der Waals surface area contributed by atoms with E-state index in [2.05, 4.69) is 21.2 Å². The van der Waals surface area contributed by atoms with Crippen molar-refractivity contribution in [3.8, 4) is 0 Å². The number of halogens is 1. The van der Waals surface area contributed by atoms with Crippen LogP contribution in [0.3, 0.4) is 0 Å². The van der Waals surface area contributed by atoms with Gasteiger partial charge in [-0.15, -0.1) is 0 Å². The molecule has 0 saturated heterocycles. The van der Waals surface area contributed by atoms with Crippen LogP contribution < -0.4 is 5.32 Å². The van der Waals surface area contributed by atoms with Gasteiger partial charge in [-0.2, -0.15) is 0 Å². The number of ether oxygens (including phenoxy) is 1. The molecule has 1 aromatic rings. The fourth-order valence-corrected chi connectivity index (χ4v) is 2.00. The van der Waals surface area contributed by atoms with Crippen LogP contribution >= 0.6 is 15.9 Å². The number of anilines is 1. The molecular formula is C15H23BrN2O2. The highest BCUT2D eigenvalue weighted by Crippen LogP contribution is 2.20. The summed E-state index contributed by atoms with van der Waals surface area (Å²) < 4.78 is 6.34. The first-order valence-corrected chi connectivity index (χ1v) is 7.51. The zero-order valence-corrected chi connectivity index (χ0v) is 14.2. The molecule has 1 aromatic carbocycles. The lowest BCUT2D eigenvalue weighted by molar-refractivity contribution is 0.0298. The van der Waals surface area contributed by atoms with Gasteiger partial charge in [0.05, 0.1) is 0 Å². The van der Waals surface area contributed by atoms with Crippen LogP contribution in [0.4, 0.5) is 10.5 Å². The molecule has 0 bridgehead atoms. The Bertz CT molecular complexity index is 444. The predicted molar refractivity (Wildman–Crippen MR) is 86.1 cm³/mol. The van der Waals surface area contributed by atoms with Crippen molar-refractivity contribution in [3.05, 3.63) is 28.7 Å². The highest BCUT2D eigenvalue weighted by atomic mass is 79.9. The third-order valence-electron chi connectivity index (χ3n) is 2.56. The van der Waals surface area contributed by atoms with E-state index in [4.69, 9.17) is 4.74 Å². The van der Waals surface area contributed by atoms with Crippen LogP contribution in [0.5, 0.6) is 0 Å². The molecular weight excluding hydrogens is 320 g/mol. The minimum absolute atomic E-state index is 0.279. The minimum atomic E-state index is -0.446. The number of para-hydroxylation sites is 1. The average Bonchev–Trinajstić information content (AvgIpc) is 2.34. The van der Waals surface area contributed by atoms with Crippen molar-refractivity contribution in [1.29, 1.82) is 0 Å². The van der Waals surface area contributed by atoms with Crippen molar-refractivity contribution in [2.24, 2.45) is 0 Å². The van der Waals surface area contributed by atoms with Crippen LogP contribution in [0, 0.1) is 0 Å². The molecule has 1 rings (SSSR count). The van der Waals surface area contributed by atoms with Gasteiger partial charge in [-0.3, -0.25) is 0 Å². The van der Waals surface area contributed by atoms with E-state index in [9.17, 15) is 4.79 Å². The van der Waals surface area contributed by atoms with Gasteiger partial charge in [0.15, 0.2) is 0 Å². The van der Waals surface area contributed by atoms with Crippen molar-refractivity contribution < 1.29 is 9.53 Å². The van der Waals surface area contributed by atoms with E-state index in [0.717, 1.165) is 23.1 Å². The molecule has 5 heteroatoms.